The molecule has 0 atom stereocenters. The molecule has 0 aliphatic carbocycles. The zero-order valence-electron chi connectivity index (χ0n) is 13.2. The number of hydrogen-bond acceptors (Lipinski definition) is 7. The van der Waals surface area contributed by atoms with Gasteiger partial charge in [0.05, 0.1) is 11.4 Å². The first-order valence-electron chi connectivity index (χ1n) is 7.11. The Hall–Kier alpha value is -3.01. The minimum absolute atomic E-state index is 0. The molecular formula is C14H16ClN5O5. The van der Waals surface area contributed by atoms with Gasteiger partial charge >= 0.3 is 5.82 Å². The van der Waals surface area contributed by atoms with Crippen molar-refractivity contribution in [3.63, 3.8) is 0 Å². The van der Waals surface area contributed by atoms with Gasteiger partial charge in [0.2, 0.25) is 18.5 Å². The number of nitrogens with zero attached hydrogens (tertiary/aromatic N) is 3. The Morgan fingerprint density at radius 3 is 2.76 bits per heavy atom. The van der Waals surface area contributed by atoms with Crippen molar-refractivity contribution in [2.75, 3.05) is 17.8 Å². The highest BCUT2D eigenvalue weighted by molar-refractivity contribution is 5.94. The van der Waals surface area contributed by atoms with E-state index in [1.54, 1.807) is 23.6 Å². The minimum atomic E-state index is -0.573. The van der Waals surface area contributed by atoms with Crippen molar-refractivity contribution in [1.29, 1.82) is 0 Å². The predicted octanol–water partition coefficient (Wildman–Crippen LogP) is 1.86. The quantitative estimate of drug-likeness (QED) is 0.466. The van der Waals surface area contributed by atoms with Gasteiger partial charge in [-0.3, -0.25) is 4.79 Å². The highest BCUT2D eigenvalue weighted by Crippen LogP contribution is 2.38. The Bertz CT molecular complexity index is 822. The summed E-state index contributed by atoms with van der Waals surface area (Å²) in [4.78, 5) is 26.0. The standard InChI is InChI=1S/C14H15N5O5.ClH/c1-8-16-13(19(21)22)6-18(8)3-2-14(20)17-10-5-12-11(4-9(10)15)23-7-24-12;/h4-6H,2-3,7,15H2,1H3,(H,17,20);1H. The molecule has 0 saturated heterocycles. The number of aryl methyl sites for hydroxylation is 2. The molecule has 0 unspecified atom stereocenters. The average Bonchev–Trinajstić information content (AvgIpc) is 3.12. The molecule has 0 saturated carbocycles. The third-order valence-electron chi connectivity index (χ3n) is 3.55. The zero-order chi connectivity index (χ0) is 17.3. The van der Waals surface area contributed by atoms with Crippen LogP contribution in [-0.4, -0.2) is 27.2 Å². The maximum absolute atomic E-state index is 12.1. The van der Waals surface area contributed by atoms with Gasteiger partial charge in [-0.25, -0.2) is 0 Å². The number of anilines is 2. The van der Waals surface area contributed by atoms with E-state index >= 15 is 0 Å². The largest absolute Gasteiger partial charge is 0.454 e. The molecule has 3 rings (SSSR count). The van der Waals surface area contributed by atoms with E-state index in [2.05, 4.69) is 10.3 Å². The molecule has 1 aliphatic rings. The fourth-order valence-corrected chi connectivity index (χ4v) is 2.31. The topological polar surface area (TPSA) is 135 Å². The molecule has 3 N–H and O–H groups in total. The number of nitrogens with one attached hydrogen (secondary N) is 1. The molecule has 2 aromatic rings. The van der Waals surface area contributed by atoms with Crippen molar-refractivity contribution >= 4 is 35.5 Å². The van der Waals surface area contributed by atoms with Crippen molar-refractivity contribution in [1.82, 2.24) is 9.55 Å². The van der Waals surface area contributed by atoms with Crippen LogP contribution in [0.15, 0.2) is 18.3 Å². The third-order valence-corrected chi connectivity index (χ3v) is 3.55. The van der Waals surface area contributed by atoms with Crippen molar-refractivity contribution in [2.45, 2.75) is 19.9 Å². The normalized spacial score (nSPS) is 11.7. The van der Waals surface area contributed by atoms with Crippen LogP contribution in [0.5, 0.6) is 11.5 Å². The van der Waals surface area contributed by atoms with Gasteiger partial charge in [0.15, 0.2) is 11.5 Å². The molecule has 2 heterocycles. The van der Waals surface area contributed by atoms with Crippen LogP contribution in [-0.2, 0) is 11.3 Å². The summed E-state index contributed by atoms with van der Waals surface area (Å²) < 4.78 is 12.0. The van der Waals surface area contributed by atoms with Gasteiger partial charge < -0.3 is 35.2 Å². The molecular weight excluding hydrogens is 354 g/mol. The number of halogens is 1. The van der Waals surface area contributed by atoms with Crippen molar-refractivity contribution in [3.8, 4) is 11.5 Å². The number of benzene rings is 1. The Kier molecular flexibility index (Phi) is 5.32. The van der Waals surface area contributed by atoms with Crippen LogP contribution in [0.1, 0.15) is 12.2 Å². The summed E-state index contributed by atoms with van der Waals surface area (Å²) in [5.74, 6) is 0.994. The summed E-state index contributed by atoms with van der Waals surface area (Å²) in [5, 5.41) is 13.4. The lowest BCUT2D eigenvalue weighted by Crippen LogP contribution is -2.15. The maximum Gasteiger partial charge on any atom is 0.381 e. The number of rotatable bonds is 5. The molecule has 11 heteroatoms. The van der Waals surface area contributed by atoms with Gasteiger partial charge in [0, 0.05) is 32.0 Å². The van der Waals surface area contributed by atoms with Crippen molar-refractivity contribution < 1.29 is 19.2 Å². The van der Waals surface area contributed by atoms with Gasteiger partial charge in [-0.1, -0.05) is 0 Å². The highest BCUT2D eigenvalue weighted by atomic mass is 35.5. The smallest absolute Gasteiger partial charge is 0.381 e. The highest BCUT2D eigenvalue weighted by Gasteiger charge is 2.18. The molecule has 0 bridgehead atoms. The fourth-order valence-electron chi connectivity index (χ4n) is 2.31. The number of nitro groups is 1. The summed E-state index contributed by atoms with van der Waals surface area (Å²) >= 11 is 0. The van der Waals surface area contributed by atoms with E-state index in [4.69, 9.17) is 15.2 Å². The number of nitrogens with two attached hydrogens (primary N) is 1. The van der Waals surface area contributed by atoms with E-state index in [-0.39, 0.29) is 43.9 Å². The number of amides is 1. The van der Waals surface area contributed by atoms with Crippen LogP contribution in [0.3, 0.4) is 0 Å². The molecule has 134 valence electrons. The molecule has 0 radical (unpaired) electrons. The SMILES string of the molecule is Cc1nc([N+](=O)[O-])cn1CCC(=O)Nc1cc2c(cc1N)OCO2.Cl. The van der Waals surface area contributed by atoms with Gasteiger partial charge in [-0.05, 0) is 9.91 Å². The van der Waals surface area contributed by atoms with Crippen LogP contribution in [0.4, 0.5) is 17.2 Å². The summed E-state index contributed by atoms with van der Waals surface area (Å²) in [6, 6.07) is 3.18. The first-order chi connectivity index (χ1) is 11.4. The lowest BCUT2D eigenvalue weighted by Gasteiger charge is -2.09. The van der Waals surface area contributed by atoms with E-state index in [1.165, 1.54) is 6.20 Å². The van der Waals surface area contributed by atoms with Gasteiger partial charge in [0.1, 0.15) is 6.20 Å². The van der Waals surface area contributed by atoms with E-state index < -0.39 is 4.92 Å². The van der Waals surface area contributed by atoms with Crippen LogP contribution in [0.2, 0.25) is 0 Å². The minimum Gasteiger partial charge on any atom is -0.454 e. The van der Waals surface area contributed by atoms with Crippen LogP contribution < -0.4 is 20.5 Å². The number of imidazole rings is 1. The predicted molar refractivity (Wildman–Crippen MR) is 91.1 cm³/mol. The number of hydrogen-bond donors (Lipinski definition) is 2. The monoisotopic (exact) mass is 369 g/mol. The molecule has 1 amide bonds. The number of aromatic nitrogens is 2. The number of fused-ring (bicyclic) bond motifs is 1. The van der Waals surface area contributed by atoms with Crippen molar-refractivity contribution in [3.05, 3.63) is 34.3 Å². The lowest BCUT2D eigenvalue weighted by atomic mass is 10.2. The Morgan fingerprint density at radius 2 is 2.12 bits per heavy atom. The van der Waals surface area contributed by atoms with E-state index in [0.29, 0.717) is 28.7 Å². The van der Waals surface area contributed by atoms with Gasteiger partial charge in [-0.2, -0.15) is 0 Å². The molecule has 1 aromatic heterocycles. The second-order valence-electron chi connectivity index (χ2n) is 5.19. The molecule has 0 spiro atoms. The molecule has 1 aliphatic heterocycles. The van der Waals surface area contributed by atoms with Crippen molar-refractivity contribution in [2.24, 2.45) is 0 Å². The fraction of sp³-hybridized carbons (Fsp3) is 0.286. The number of carbonyl (C=O) groups is 1. The summed E-state index contributed by atoms with van der Waals surface area (Å²) in [5.41, 5.74) is 6.66. The zero-order valence-corrected chi connectivity index (χ0v) is 14.0. The van der Waals surface area contributed by atoms with E-state index in [0.717, 1.165) is 0 Å². The number of carbonyl (C=O) groups excluding carboxylic acids is 1. The molecule has 1 aromatic carbocycles. The maximum atomic E-state index is 12.1. The Labute approximate surface area is 148 Å². The first-order valence-corrected chi connectivity index (χ1v) is 7.11. The van der Waals surface area contributed by atoms with Crippen LogP contribution >= 0.6 is 12.4 Å². The summed E-state index contributed by atoms with van der Waals surface area (Å²) in [6.45, 7) is 2.02. The van der Waals surface area contributed by atoms with Crippen LogP contribution in [0.25, 0.3) is 0 Å². The third kappa shape index (κ3) is 3.91. The van der Waals surface area contributed by atoms with Gasteiger partial charge in [0.25, 0.3) is 0 Å². The number of nitrogen functional groups attached to an aromatic ring is 1. The van der Waals surface area contributed by atoms with Gasteiger partial charge in [-0.15, -0.1) is 12.4 Å². The summed E-state index contributed by atoms with van der Waals surface area (Å²) in [7, 11) is 0. The molecule has 25 heavy (non-hydrogen) atoms. The molecule has 0 fully saturated rings. The Morgan fingerprint density at radius 1 is 1.44 bits per heavy atom. The van der Waals surface area contributed by atoms with E-state index in [1.807, 2.05) is 0 Å². The van der Waals surface area contributed by atoms with Crippen LogP contribution in [0, 0.1) is 17.0 Å². The average molecular weight is 370 g/mol. The Balaban J connectivity index is 0.00000225. The van der Waals surface area contributed by atoms with E-state index in [9.17, 15) is 14.9 Å². The second kappa shape index (κ2) is 7.26. The molecule has 10 nitrogen and oxygen atoms in total. The lowest BCUT2D eigenvalue weighted by molar-refractivity contribution is -0.389. The number of ether oxygens (including phenoxy) is 2. The first kappa shape index (κ1) is 18.3. The summed E-state index contributed by atoms with van der Waals surface area (Å²) in [6.07, 6.45) is 1.42. The second-order valence-corrected chi connectivity index (χ2v) is 5.19.